The first-order chi connectivity index (χ1) is 32.7. The van der Waals surface area contributed by atoms with Gasteiger partial charge in [-0.05, 0) is 52.5 Å². The van der Waals surface area contributed by atoms with E-state index in [-0.39, 0.29) is 29.8 Å². The number of aromatic nitrogens is 7. The zero-order valence-corrected chi connectivity index (χ0v) is 36.9. The molecule has 0 atom stereocenters. The summed E-state index contributed by atoms with van der Waals surface area (Å²) in [5.41, 5.74) is 1.92. The fourth-order valence-corrected chi connectivity index (χ4v) is 6.06. The van der Waals surface area contributed by atoms with E-state index in [4.69, 9.17) is 44.3 Å². The first-order valence-electron chi connectivity index (χ1n) is 19.7. The van der Waals surface area contributed by atoms with Crippen molar-refractivity contribution >= 4 is 34.9 Å². The van der Waals surface area contributed by atoms with Gasteiger partial charge in [-0.3, -0.25) is 9.58 Å². The maximum absolute atomic E-state index is 13.5. The molecule has 0 radical (unpaired) electrons. The fourth-order valence-electron chi connectivity index (χ4n) is 6.06. The Balaban J connectivity index is 0.000000516. The minimum absolute atomic E-state index is 0.0476. The van der Waals surface area contributed by atoms with Crippen LogP contribution in [0.3, 0.4) is 0 Å². The number of alkyl halides is 15. The van der Waals surface area contributed by atoms with Crippen molar-refractivity contribution in [3.05, 3.63) is 48.6 Å². The lowest BCUT2D eigenvalue weighted by molar-refractivity contribution is -0.193. The molecule has 4 aromatic heterocycles. The smallest absolute Gasteiger partial charge is 0.475 e. The predicted octanol–water partition coefficient (Wildman–Crippen LogP) is 7.37. The summed E-state index contributed by atoms with van der Waals surface area (Å²) >= 11 is 0. The van der Waals surface area contributed by atoms with Gasteiger partial charge in [-0.1, -0.05) is 0 Å². The number of carboxylic acid groups (broad SMARTS) is 4. The molecule has 0 unspecified atom stereocenters. The lowest BCUT2D eigenvalue weighted by atomic mass is 9.82. The van der Waals surface area contributed by atoms with Crippen molar-refractivity contribution in [1.29, 1.82) is 5.26 Å². The van der Waals surface area contributed by atoms with E-state index in [1.54, 1.807) is 6.20 Å². The van der Waals surface area contributed by atoms with Gasteiger partial charge in [-0.25, -0.2) is 34.1 Å². The van der Waals surface area contributed by atoms with Crippen molar-refractivity contribution in [2.45, 2.75) is 114 Å². The quantitative estimate of drug-likeness (QED) is 0.0940. The Bertz CT molecular complexity index is 2400. The molecule has 6 rings (SSSR count). The summed E-state index contributed by atoms with van der Waals surface area (Å²) in [5.74, 6) is -12.3. The van der Waals surface area contributed by atoms with Gasteiger partial charge < -0.3 is 35.5 Å². The number of ether oxygens (including phenoxy) is 1. The molecule has 19 nitrogen and oxygen atoms in total. The lowest BCUT2D eigenvalue weighted by Crippen LogP contribution is -2.65. The third-order valence-corrected chi connectivity index (χ3v) is 9.33. The molecule has 2 fully saturated rings. The van der Waals surface area contributed by atoms with Crippen LogP contribution < -0.4 is 10.1 Å². The highest BCUT2D eigenvalue weighted by Crippen LogP contribution is 2.39. The second kappa shape index (κ2) is 23.9. The number of nitriles is 1. The summed E-state index contributed by atoms with van der Waals surface area (Å²) in [4.78, 5) is 57.2. The SMILES string of the molecule is CC(C)(C)NCc1cc(OC2CCC(N3CC(CC#N)(n4cc(-c5ncnc6[nH]ccc56)cn4)C3)CC2)nc(C(F)(F)F)n1.O=C(O)C(F)(F)F.O=C(O)C(F)(F)F.O=C(O)C(F)(F)F.O=C(O)C(F)(F)F. The van der Waals surface area contributed by atoms with Gasteiger partial charge in [0.15, 0.2) is 0 Å². The van der Waals surface area contributed by atoms with E-state index in [1.165, 1.54) is 12.4 Å². The minimum Gasteiger partial charge on any atom is -0.475 e. The second-order valence-corrected chi connectivity index (χ2v) is 16.0. The van der Waals surface area contributed by atoms with Gasteiger partial charge in [0.1, 0.15) is 23.6 Å². The number of likely N-dealkylation sites (tertiary alicyclic amines) is 1. The largest absolute Gasteiger partial charge is 0.490 e. The number of aliphatic carboxylic acids is 4. The Labute approximate surface area is 393 Å². The summed E-state index contributed by atoms with van der Waals surface area (Å²) in [6.45, 7) is 7.35. The fraction of sp³-hybridized carbons (Fsp3) is 0.526. The second-order valence-electron chi connectivity index (χ2n) is 16.0. The maximum Gasteiger partial charge on any atom is 0.490 e. The molecular weight excluding hydrogens is 1030 g/mol. The summed E-state index contributed by atoms with van der Waals surface area (Å²) < 4.78 is 175. The van der Waals surface area contributed by atoms with Crippen molar-refractivity contribution in [2.75, 3.05) is 13.1 Å². The lowest BCUT2D eigenvalue weighted by Gasteiger charge is -2.53. The average Bonchev–Trinajstić information content (AvgIpc) is 3.92. The molecule has 72 heavy (non-hydrogen) atoms. The van der Waals surface area contributed by atoms with Crippen LogP contribution in [0.5, 0.6) is 5.88 Å². The van der Waals surface area contributed by atoms with Crippen molar-refractivity contribution in [3.63, 3.8) is 0 Å². The molecule has 1 aliphatic heterocycles. The first kappa shape index (κ1) is 61.1. The van der Waals surface area contributed by atoms with E-state index in [2.05, 4.69) is 46.3 Å². The van der Waals surface area contributed by atoms with E-state index in [0.717, 1.165) is 35.1 Å². The topological polar surface area (TPSA) is 283 Å². The standard InChI is InChI=1S/C30H35F3N10O.4C2HF3O2/c1-28(2,3)38-14-20-12-24(41-27(40-20)30(31,32)33)44-22-6-4-21(5-7-22)42-16-29(17-42,9-10-34)43-15-19(13-39-43)25-23-8-11-35-26(23)37-18-36-25;4*3-2(4,5)1(6)7/h8,11-13,15,18,21-22,38H,4-7,9,14,16-17H2,1-3H3,(H,35,36,37);4*(H,6,7). The number of nitrogens with zero attached hydrogens (tertiary/aromatic N) is 8. The Kier molecular flexibility index (Phi) is 20.3. The van der Waals surface area contributed by atoms with Crippen LogP contribution in [-0.4, -0.2) is 139 Å². The van der Waals surface area contributed by atoms with Gasteiger partial charge in [-0.15, -0.1) is 0 Å². The third-order valence-electron chi connectivity index (χ3n) is 9.33. The van der Waals surface area contributed by atoms with Crippen LogP contribution in [0.15, 0.2) is 37.1 Å². The van der Waals surface area contributed by atoms with Crippen LogP contribution in [-0.2, 0) is 37.4 Å². The molecule has 4 aromatic rings. The van der Waals surface area contributed by atoms with Gasteiger partial charge in [0.05, 0.1) is 30.1 Å². The normalized spacial score (nSPS) is 17.1. The number of halogens is 15. The van der Waals surface area contributed by atoms with Crippen LogP contribution in [0.25, 0.3) is 22.3 Å². The Morgan fingerprint density at radius 2 is 1.28 bits per heavy atom. The van der Waals surface area contributed by atoms with Crippen molar-refractivity contribution in [2.24, 2.45) is 0 Å². The predicted molar refractivity (Wildman–Crippen MR) is 210 cm³/mol. The van der Waals surface area contributed by atoms with E-state index >= 15 is 0 Å². The van der Waals surface area contributed by atoms with Crippen molar-refractivity contribution in [3.8, 4) is 23.2 Å². The molecule has 34 heteroatoms. The molecule has 0 amide bonds. The molecule has 0 bridgehead atoms. The molecule has 6 N–H and O–H groups in total. The zero-order chi connectivity index (χ0) is 55.4. The van der Waals surface area contributed by atoms with Crippen LogP contribution in [0, 0.1) is 11.3 Å². The molecule has 0 aromatic carbocycles. The van der Waals surface area contributed by atoms with Gasteiger partial charge in [0.2, 0.25) is 11.7 Å². The molecule has 0 spiro atoms. The van der Waals surface area contributed by atoms with E-state index < -0.39 is 66.1 Å². The number of aromatic amines is 1. The van der Waals surface area contributed by atoms with Crippen LogP contribution in [0.1, 0.15) is 64.4 Å². The molecule has 5 heterocycles. The average molecular weight is 1060 g/mol. The molecule has 1 saturated carbocycles. The number of carbonyl (C=O) groups is 4. The van der Waals surface area contributed by atoms with Gasteiger partial charge >= 0.3 is 54.8 Å². The zero-order valence-electron chi connectivity index (χ0n) is 36.9. The van der Waals surface area contributed by atoms with Gasteiger partial charge in [-0.2, -0.15) is 81.2 Å². The van der Waals surface area contributed by atoms with Crippen LogP contribution >= 0.6 is 0 Å². The number of hydrogen-bond acceptors (Lipinski definition) is 13. The summed E-state index contributed by atoms with van der Waals surface area (Å²) in [6.07, 6.45) is -14.8. The van der Waals surface area contributed by atoms with E-state index in [9.17, 15) is 71.1 Å². The minimum atomic E-state index is -5.08. The van der Waals surface area contributed by atoms with Crippen LogP contribution in [0.2, 0.25) is 0 Å². The maximum atomic E-state index is 13.5. The number of rotatable bonds is 8. The van der Waals surface area contributed by atoms with Gasteiger partial charge in [0, 0.05) is 60.6 Å². The third kappa shape index (κ3) is 19.3. The monoisotopic (exact) mass is 1060 g/mol. The van der Waals surface area contributed by atoms with E-state index in [0.29, 0.717) is 38.4 Å². The van der Waals surface area contributed by atoms with Crippen molar-refractivity contribution < 1.29 is 110 Å². The number of carboxylic acids is 4. The Morgan fingerprint density at radius 1 is 0.792 bits per heavy atom. The Hall–Kier alpha value is -7.05. The molecule has 2 aliphatic rings. The highest BCUT2D eigenvalue weighted by Gasteiger charge is 2.49. The highest BCUT2D eigenvalue weighted by atomic mass is 19.4. The molecule has 400 valence electrons. The number of fused-ring (bicyclic) bond motifs is 1. The van der Waals surface area contributed by atoms with E-state index in [1.807, 2.05) is 43.9 Å². The molecule has 1 saturated heterocycles. The summed E-state index contributed by atoms with van der Waals surface area (Å²) in [5, 5.41) is 46.9. The number of hydrogen-bond donors (Lipinski definition) is 6. The van der Waals surface area contributed by atoms with Gasteiger partial charge in [0.25, 0.3) is 0 Å². The first-order valence-corrected chi connectivity index (χ1v) is 19.7. The summed E-state index contributed by atoms with van der Waals surface area (Å²) in [7, 11) is 0. The summed E-state index contributed by atoms with van der Waals surface area (Å²) in [6, 6.07) is 6.06. The van der Waals surface area contributed by atoms with Crippen molar-refractivity contribution in [1.82, 2.24) is 44.9 Å². The number of H-pyrrole nitrogens is 1. The number of nitrogens with one attached hydrogen (secondary N) is 2. The highest BCUT2D eigenvalue weighted by molar-refractivity contribution is 5.90. The molecule has 1 aliphatic carbocycles. The molecular formula is C38H39F15N10O9. The Morgan fingerprint density at radius 3 is 1.71 bits per heavy atom. The van der Waals surface area contributed by atoms with Crippen LogP contribution in [0.4, 0.5) is 65.9 Å².